The Morgan fingerprint density at radius 3 is 2.38 bits per heavy atom. The molecule has 1 N–H and O–H groups in total. The van der Waals surface area contributed by atoms with Gasteiger partial charge in [-0.25, -0.2) is 0 Å². The van der Waals surface area contributed by atoms with E-state index in [4.69, 9.17) is 5.11 Å². The largest absolute Gasteiger partial charge is 0.480 e. The van der Waals surface area contributed by atoms with Crippen molar-refractivity contribution in [3.63, 3.8) is 0 Å². The third-order valence-electron chi connectivity index (χ3n) is 2.74. The molecule has 1 aromatic rings. The number of aliphatic carboxylic acids is 1. The van der Waals surface area contributed by atoms with Gasteiger partial charge in [-0.05, 0) is 26.0 Å². The third-order valence-corrected chi connectivity index (χ3v) is 2.74. The molecule has 1 aromatic carbocycles. The SMILES string of the molecule is CC(C)N(CC(=O)O)c1ccc(C(F)(F)F)cc1[N+](=O)[O-]. The van der Waals surface area contributed by atoms with Crippen LogP contribution in [0.25, 0.3) is 0 Å². The minimum atomic E-state index is -4.71. The summed E-state index contributed by atoms with van der Waals surface area (Å²) in [7, 11) is 0. The maximum Gasteiger partial charge on any atom is 0.416 e. The highest BCUT2D eigenvalue weighted by atomic mass is 19.4. The van der Waals surface area contributed by atoms with Crippen LogP contribution >= 0.6 is 0 Å². The average molecular weight is 306 g/mol. The van der Waals surface area contributed by atoms with Gasteiger partial charge in [0.2, 0.25) is 0 Å². The normalized spacial score (nSPS) is 11.5. The number of nitro benzene ring substituents is 1. The number of alkyl halides is 3. The van der Waals surface area contributed by atoms with E-state index >= 15 is 0 Å². The highest BCUT2D eigenvalue weighted by Gasteiger charge is 2.34. The summed E-state index contributed by atoms with van der Waals surface area (Å²) < 4.78 is 37.8. The molecule has 0 aliphatic carbocycles. The Bertz CT molecular complexity index is 558. The van der Waals surface area contributed by atoms with Gasteiger partial charge in [-0.15, -0.1) is 0 Å². The van der Waals surface area contributed by atoms with Crippen molar-refractivity contribution >= 4 is 17.3 Å². The summed E-state index contributed by atoms with van der Waals surface area (Å²) in [5.74, 6) is -1.24. The zero-order valence-corrected chi connectivity index (χ0v) is 11.2. The molecule has 116 valence electrons. The highest BCUT2D eigenvalue weighted by Crippen LogP contribution is 2.36. The van der Waals surface area contributed by atoms with Crippen molar-refractivity contribution in [1.29, 1.82) is 0 Å². The van der Waals surface area contributed by atoms with Gasteiger partial charge in [0, 0.05) is 12.1 Å². The smallest absolute Gasteiger partial charge is 0.416 e. The van der Waals surface area contributed by atoms with Gasteiger partial charge in [-0.2, -0.15) is 13.2 Å². The molecule has 21 heavy (non-hydrogen) atoms. The summed E-state index contributed by atoms with van der Waals surface area (Å²) >= 11 is 0. The summed E-state index contributed by atoms with van der Waals surface area (Å²) in [6, 6.07) is 1.59. The lowest BCUT2D eigenvalue weighted by Gasteiger charge is -2.27. The molecule has 0 unspecified atom stereocenters. The number of carbonyl (C=O) groups is 1. The molecule has 0 amide bonds. The fraction of sp³-hybridized carbons (Fsp3) is 0.417. The summed E-state index contributed by atoms with van der Waals surface area (Å²) in [5, 5.41) is 19.8. The topological polar surface area (TPSA) is 83.7 Å². The van der Waals surface area contributed by atoms with Gasteiger partial charge in [0.15, 0.2) is 0 Å². The number of carboxylic acids is 1. The Labute approximate surface area is 117 Å². The Morgan fingerprint density at radius 2 is 2.00 bits per heavy atom. The quantitative estimate of drug-likeness (QED) is 0.668. The second-order valence-electron chi connectivity index (χ2n) is 4.57. The Balaban J connectivity index is 3.40. The molecule has 0 aliphatic heterocycles. The Kier molecular flexibility index (Phi) is 4.77. The lowest BCUT2D eigenvalue weighted by molar-refractivity contribution is -0.384. The van der Waals surface area contributed by atoms with Crippen molar-refractivity contribution in [2.75, 3.05) is 11.4 Å². The van der Waals surface area contributed by atoms with Crippen molar-refractivity contribution < 1.29 is 28.0 Å². The first kappa shape index (κ1) is 16.7. The van der Waals surface area contributed by atoms with Gasteiger partial charge in [0.1, 0.15) is 12.2 Å². The van der Waals surface area contributed by atoms with Gasteiger partial charge in [-0.3, -0.25) is 14.9 Å². The zero-order valence-electron chi connectivity index (χ0n) is 11.2. The molecule has 0 saturated heterocycles. The van der Waals surface area contributed by atoms with E-state index in [0.29, 0.717) is 12.1 Å². The third kappa shape index (κ3) is 4.07. The Morgan fingerprint density at radius 1 is 1.43 bits per heavy atom. The first-order chi connectivity index (χ1) is 9.54. The van der Waals surface area contributed by atoms with E-state index in [0.717, 1.165) is 11.0 Å². The van der Waals surface area contributed by atoms with Crippen LogP contribution in [-0.2, 0) is 11.0 Å². The van der Waals surface area contributed by atoms with E-state index in [-0.39, 0.29) is 5.69 Å². The van der Waals surface area contributed by atoms with E-state index in [2.05, 4.69) is 0 Å². The summed E-state index contributed by atoms with van der Waals surface area (Å²) in [5.41, 5.74) is -2.10. The van der Waals surface area contributed by atoms with E-state index < -0.39 is 40.9 Å². The highest BCUT2D eigenvalue weighted by molar-refractivity contribution is 5.76. The van der Waals surface area contributed by atoms with Crippen molar-refractivity contribution in [3.8, 4) is 0 Å². The number of nitrogens with zero attached hydrogens (tertiary/aromatic N) is 2. The molecule has 6 nitrogen and oxygen atoms in total. The molecule has 0 aromatic heterocycles. The number of halogens is 3. The molecule has 0 fully saturated rings. The van der Waals surface area contributed by atoms with E-state index in [1.807, 2.05) is 0 Å². The molecule has 0 atom stereocenters. The van der Waals surface area contributed by atoms with Crippen LogP contribution in [0.15, 0.2) is 18.2 Å². The number of nitro groups is 1. The molecule has 9 heteroatoms. The van der Waals surface area contributed by atoms with Crippen LogP contribution in [0.5, 0.6) is 0 Å². The van der Waals surface area contributed by atoms with Gasteiger partial charge in [0.05, 0.1) is 10.5 Å². The van der Waals surface area contributed by atoms with Gasteiger partial charge < -0.3 is 10.0 Å². The first-order valence-electron chi connectivity index (χ1n) is 5.88. The second kappa shape index (κ2) is 5.98. The Hall–Kier alpha value is -2.32. The van der Waals surface area contributed by atoms with Crippen molar-refractivity contribution in [2.24, 2.45) is 0 Å². The van der Waals surface area contributed by atoms with Gasteiger partial charge >= 0.3 is 12.1 Å². The monoisotopic (exact) mass is 306 g/mol. The molecule has 0 saturated carbocycles. The minimum Gasteiger partial charge on any atom is -0.480 e. The predicted molar refractivity (Wildman–Crippen MR) is 68.2 cm³/mol. The standard InChI is InChI=1S/C12H13F3N2O4/c1-7(2)16(6-11(18)19)9-4-3-8(12(13,14)15)5-10(9)17(20)21/h3-5,7H,6H2,1-2H3,(H,18,19). The van der Waals surface area contributed by atoms with Crippen LogP contribution in [0.4, 0.5) is 24.5 Å². The van der Waals surface area contributed by atoms with Gasteiger partial charge in [0.25, 0.3) is 5.69 Å². The van der Waals surface area contributed by atoms with Crippen molar-refractivity contribution in [3.05, 3.63) is 33.9 Å². The van der Waals surface area contributed by atoms with Crippen molar-refractivity contribution in [2.45, 2.75) is 26.1 Å². The fourth-order valence-corrected chi connectivity index (χ4v) is 1.78. The molecule has 0 spiro atoms. The first-order valence-corrected chi connectivity index (χ1v) is 5.88. The number of carboxylic acid groups (broad SMARTS) is 1. The lowest BCUT2D eigenvalue weighted by Crippen LogP contribution is -2.36. The summed E-state index contributed by atoms with van der Waals surface area (Å²) in [6.07, 6.45) is -4.71. The van der Waals surface area contributed by atoms with Crippen LogP contribution in [0.1, 0.15) is 19.4 Å². The number of hydrogen-bond acceptors (Lipinski definition) is 4. The minimum absolute atomic E-state index is 0.162. The number of hydrogen-bond donors (Lipinski definition) is 1. The maximum absolute atomic E-state index is 12.6. The molecule has 0 bridgehead atoms. The van der Waals surface area contributed by atoms with E-state index in [9.17, 15) is 28.1 Å². The average Bonchev–Trinajstić information content (AvgIpc) is 2.33. The molecule has 0 heterocycles. The number of rotatable bonds is 5. The van der Waals surface area contributed by atoms with E-state index in [1.54, 1.807) is 13.8 Å². The predicted octanol–water partition coefficient (Wildman–Crippen LogP) is 2.91. The summed E-state index contributed by atoms with van der Waals surface area (Å²) in [6.45, 7) is 2.62. The van der Waals surface area contributed by atoms with Crippen LogP contribution in [0, 0.1) is 10.1 Å². The second-order valence-corrected chi connectivity index (χ2v) is 4.57. The number of benzene rings is 1. The maximum atomic E-state index is 12.6. The fourth-order valence-electron chi connectivity index (χ4n) is 1.78. The summed E-state index contributed by atoms with van der Waals surface area (Å²) in [4.78, 5) is 22.0. The molecule has 0 radical (unpaired) electrons. The van der Waals surface area contributed by atoms with Crippen LogP contribution in [0.2, 0.25) is 0 Å². The number of anilines is 1. The molecular weight excluding hydrogens is 293 g/mol. The van der Waals surface area contributed by atoms with E-state index in [1.165, 1.54) is 0 Å². The molecule has 0 aliphatic rings. The van der Waals surface area contributed by atoms with Crippen LogP contribution < -0.4 is 4.90 Å². The molecule has 1 rings (SSSR count). The van der Waals surface area contributed by atoms with Crippen molar-refractivity contribution in [1.82, 2.24) is 0 Å². The molecular formula is C12H13F3N2O4. The van der Waals surface area contributed by atoms with Crippen LogP contribution in [0.3, 0.4) is 0 Å². The zero-order chi connectivity index (χ0) is 16.4. The lowest BCUT2D eigenvalue weighted by atomic mass is 10.1. The van der Waals surface area contributed by atoms with Gasteiger partial charge in [-0.1, -0.05) is 0 Å². The van der Waals surface area contributed by atoms with Crippen LogP contribution in [-0.4, -0.2) is 28.6 Å².